The van der Waals surface area contributed by atoms with Gasteiger partial charge in [-0.2, -0.15) is 0 Å². The molecule has 0 bridgehead atoms. The van der Waals surface area contributed by atoms with Crippen molar-refractivity contribution >= 4 is 21.8 Å². The van der Waals surface area contributed by atoms with Gasteiger partial charge in [0.2, 0.25) is 0 Å². The fraction of sp³-hybridized carbons (Fsp3) is 0.500. The minimum absolute atomic E-state index is 0.288. The zero-order valence-electron chi connectivity index (χ0n) is 17.3. The van der Waals surface area contributed by atoms with E-state index in [4.69, 9.17) is 4.74 Å². The van der Waals surface area contributed by atoms with Crippen LogP contribution in [0.3, 0.4) is 0 Å². The molecule has 1 saturated heterocycles. The van der Waals surface area contributed by atoms with Gasteiger partial charge in [-0.25, -0.2) is 0 Å². The lowest BCUT2D eigenvalue weighted by Gasteiger charge is -2.32. The summed E-state index contributed by atoms with van der Waals surface area (Å²) in [5.41, 5.74) is 2.16. The van der Waals surface area contributed by atoms with E-state index in [0.29, 0.717) is 18.5 Å². The first-order chi connectivity index (χ1) is 14.3. The highest BCUT2D eigenvalue weighted by atomic mass is 16.5. The predicted octanol–water partition coefficient (Wildman–Crippen LogP) is 3.82. The number of rotatable bonds is 9. The van der Waals surface area contributed by atoms with Crippen LogP contribution in [0.4, 0.5) is 0 Å². The quantitative estimate of drug-likeness (QED) is 0.445. The first-order valence-corrected chi connectivity index (χ1v) is 11.0. The number of aliphatic hydroxyl groups is 1. The second-order valence-corrected chi connectivity index (χ2v) is 8.20. The van der Waals surface area contributed by atoms with Gasteiger partial charge >= 0.3 is 0 Å². The monoisotopic (exact) mass is 395 g/mol. The lowest BCUT2D eigenvalue weighted by Crippen LogP contribution is -2.45. The van der Waals surface area contributed by atoms with Crippen LogP contribution in [-0.2, 0) is 0 Å². The number of benzene rings is 2. The van der Waals surface area contributed by atoms with Crippen LogP contribution >= 0.6 is 0 Å². The summed E-state index contributed by atoms with van der Waals surface area (Å²) >= 11 is 0. The Bertz CT molecular complexity index is 917. The number of ether oxygens (including phenoxy) is 1. The van der Waals surface area contributed by atoms with Gasteiger partial charge < -0.3 is 25.5 Å². The van der Waals surface area contributed by atoms with Gasteiger partial charge in [0.05, 0.1) is 5.52 Å². The normalized spacial score (nSPS) is 17.6. The highest BCUT2D eigenvalue weighted by molar-refractivity contribution is 6.10. The second kappa shape index (κ2) is 9.61. The molecule has 1 aliphatic rings. The third-order valence-corrected chi connectivity index (χ3v) is 6.09. The van der Waals surface area contributed by atoms with E-state index in [2.05, 4.69) is 40.7 Å². The molecule has 2 heterocycles. The number of hydrogen-bond donors (Lipinski definition) is 4. The fourth-order valence-corrected chi connectivity index (χ4v) is 4.58. The third kappa shape index (κ3) is 4.74. The molecule has 1 unspecified atom stereocenters. The summed E-state index contributed by atoms with van der Waals surface area (Å²) in [6.45, 7) is 5.30. The zero-order chi connectivity index (χ0) is 20.1. The van der Waals surface area contributed by atoms with Crippen LogP contribution in [0.25, 0.3) is 21.8 Å². The molecule has 1 fully saturated rings. The van der Waals surface area contributed by atoms with E-state index in [9.17, 15) is 5.11 Å². The molecular formula is C24H33N3O2. The van der Waals surface area contributed by atoms with Crippen LogP contribution in [0.2, 0.25) is 0 Å². The van der Waals surface area contributed by atoms with E-state index in [0.717, 1.165) is 53.5 Å². The molecule has 0 saturated carbocycles. The fourth-order valence-electron chi connectivity index (χ4n) is 4.58. The van der Waals surface area contributed by atoms with Gasteiger partial charge in [-0.05, 0) is 56.5 Å². The van der Waals surface area contributed by atoms with Crippen molar-refractivity contribution < 1.29 is 9.84 Å². The Balaban J connectivity index is 1.37. The SMILES string of the molecule is CCCC(NC[C@H](O)COc1cccc2[nH]c3ccccc3c12)C1CCNCC1. The van der Waals surface area contributed by atoms with Crippen molar-refractivity contribution in [3.05, 3.63) is 42.5 Å². The molecule has 3 aromatic rings. The average Bonchev–Trinajstić information content (AvgIpc) is 3.15. The van der Waals surface area contributed by atoms with Crippen molar-refractivity contribution in [1.82, 2.24) is 15.6 Å². The molecule has 2 atom stereocenters. The molecule has 2 aromatic carbocycles. The van der Waals surface area contributed by atoms with E-state index in [1.807, 2.05) is 24.3 Å². The topological polar surface area (TPSA) is 69.3 Å². The summed E-state index contributed by atoms with van der Waals surface area (Å²) in [7, 11) is 0. The largest absolute Gasteiger partial charge is 0.490 e. The van der Waals surface area contributed by atoms with Gasteiger partial charge in [-0.3, -0.25) is 0 Å². The van der Waals surface area contributed by atoms with E-state index in [1.165, 1.54) is 12.8 Å². The molecular weight excluding hydrogens is 362 g/mol. The third-order valence-electron chi connectivity index (χ3n) is 6.09. The summed E-state index contributed by atoms with van der Waals surface area (Å²) in [5.74, 6) is 1.52. The van der Waals surface area contributed by atoms with Crippen LogP contribution in [0, 0.1) is 5.92 Å². The number of H-pyrrole nitrogens is 1. The number of aromatic amines is 1. The van der Waals surface area contributed by atoms with E-state index < -0.39 is 6.10 Å². The molecule has 0 spiro atoms. The number of piperidine rings is 1. The summed E-state index contributed by atoms with van der Waals surface area (Å²) in [6.07, 6.45) is 4.22. The summed E-state index contributed by atoms with van der Waals surface area (Å²) < 4.78 is 6.07. The maximum atomic E-state index is 10.6. The molecule has 1 aromatic heterocycles. The Morgan fingerprint density at radius 3 is 2.72 bits per heavy atom. The minimum atomic E-state index is -0.531. The van der Waals surface area contributed by atoms with Crippen molar-refractivity contribution in [3.63, 3.8) is 0 Å². The molecule has 0 aliphatic carbocycles. The molecule has 5 nitrogen and oxygen atoms in total. The van der Waals surface area contributed by atoms with E-state index in [1.54, 1.807) is 0 Å². The smallest absolute Gasteiger partial charge is 0.129 e. The van der Waals surface area contributed by atoms with Gasteiger partial charge in [0, 0.05) is 28.9 Å². The Kier molecular flexibility index (Phi) is 6.70. The molecule has 156 valence electrons. The Morgan fingerprint density at radius 2 is 1.90 bits per heavy atom. The van der Waals surface area contributed by atoms with Gasteiger partial charge in [0.1, 0.15) is 18.5 Å². The van der Waals surface area contributed by atoms with Gasteiger partial charge in [-0.1, -0.05) is 37.6 Å². The summed E-state index contributed by atoms with van der Waals surface area (Å²) in [4.78, 5) is 3.44. The number of aliphatic hydroxyl groups excluding tert-OH is 1. The van der Waals surface area contributed by atoms with Crippen LogP contribution in [0.5, 0.6) is 5.75 Å². The first-order valence-electron chi connectivity index (χ1n) is 11.0. The average molecular weight is 396 g/mol. The molecule has 0 radical (unpaired) electrons. The molecule has 0 amide bonds. The van der Waals surface area contributed by atoms with E-state index in [-0.39, 0.29) is 6.61 Å². The Hall–Kier alpha value is -2.08. The number of para-hydroxylation sites is 1. The molecule has 4 N–H and O–H groups in total. The van der Waals surface area contributed by atoms with Crippen LogP contribution in [-0.4, -0.2) is 48.5 Å². The van der Waals surface area contributed by atoms with Gasteiger partial charge in [0.15, 0.2) is 0 Å². The van der Waals surface area contributed by atoms with Crippen molar-refractivity contribution in [2.24, 2.45) is 5.92 Å². The first kappa shape index (κ1) is 20.2. The number of hydrogen-bond acceptors (Lipinski definition) is 4. The Morgan fingerprint density at radius 1 is 1.10 bits per heavy atom. The maximum Gasteiger partial charge on any atom is 0.129 e. The zero-order valence-corrected chi connectivity index (χ0v) is 17.3. The number of nitrogens with one attached hydrogen (secondary N) is 3. The molecule has 1 aliphatic heterocycles. The van der Waals surface area contributed by atoms with Gasteiger partial charge in [-0.15, -0.1) is 0 Å². The predicted molar refractivity (Wildman–Crippen MR) is 120 cm³/mol. The Labute approximate surface area is 172 Å². The van der Waals surface area contributed by atoms with E-state index >= 15 is 0 Å². The highest BCUT2D eigenvalue weighted by Gasteiger charge is 2.23. The lowest BCUT2D eigenvalue weighted by molar-refractivity contribution is 0.0993. The summed E-state index contributed by atoms with van der Waals surface area (Å²) in [6, 6.07) is 14.8. The summed E-state index contributed by atoms with van der Waals surface area (Å²) in [5, 5.41) is 19.9. The number of aromatic nitrogens is 1. The van der Waals surface area contributed by atoms with Crippen LogP contribution in [0.1, 0.15) is 32.6 Å². The van der Waals surface area contributed by atoms with Gasteiger partial charge in [0.25, 0.3) is 0 Å². The van der Waals surface area contributed by atoms with Crippen LogP contribution < -0.4 is 15.4 Å². The highest BCUT2D eigenvalue weighted by Crippen LogP contribution is 2.33. The second-order valence-electron chi connectivity index (χ2n) is 8.20. The molecule has 29 heavy (non-hydrogen) atoms. The lowest BCUT2D eigenvalue weighted by atomic mass is 9.87. The van der Waals surface area contributed by atoms with Crippen molar-refractivity contribution in [2.75, 3.05) is 26.2 Å². The molecule has 5 heteroatoms. The number of fused-ring (bicyclic) bond motifs is 3. The minimum Gasteiger partial charge on any atom is -0.490 e. The molecule has 4 rings (SSSR count). The van der Waals surface area contributed by atoms with Crippen molar-refractivity contribution in [1.29, 1.82) is 0 Å². The van der Waals surface area contributed by atoms with Crippen LogP contribution in [0.15, 0.2) is 42.5 Å². The maximum absolute atomic E-state index is 10.6. The van der Waals surface area contributed by atoms with Crippen molar-refractivity contribution in [3.8, 4) is 5.75 Å². The standard InChI is InChI=1S/C24H33N3O2/c1-2-6-20(17-11-13-25-14-12-17)26-15-18(28)16-29-23-10-5-9-22-24(23)19-7-3-4-8-21(19)27-22/h3-5,7-10,17-18,20,25-28H,2,6,11-16H2,1H3/t18-,20?/m0/s1. The van der Waals surface area contributed by atoms with Crippen molar-refractivity contribution in [2.45, 2.75) is 44.8 Å².